The molecule has 28 heavy (non-hydrogen) atoms. The van der Waals surface area contributed by atoms with E-state index in [4.69, 9.17) is 9.84 Å². The topological polar surface area (TPSA) is 140 Å². The van der Waals surface area contributed by atoms with Gasteiger partial charge < -0.3 is 24.5 Å². The lowest BCUT2D eigenvalue weighted by molar-refractivity contribution is -0.134. The van der Waals surface area contributed by atoms with E-state index in [1.807, 2.05) is 0 Å². The molecular formula is C18H22N4O6. The first kappa shape index (κ1) is 21.0. The highest BCUT2D eigenvalue weighted by molar-refractivity contribution is 6.09. The predicted octanol–water partition coefficient (Wildman–Crippen LogP) is -0.304. The molecule has 0 saturated carbocycles. The lowest BCUT2D eigenvalue weighted by Gasteiger charge is -2.21. The molecule has 1 aliphatic rings. The zero-order chi connectivity index (χ0) is 20.8. The normalized spacial score (nSPS) is 16.1. The lowest BCUT2D eigenvalue weighted by Crippen LogP contribution is -2.52. The van der Waals surface area contributed by atoms with Crippen LogP contribution in [0, 0.1) is 6.92 Å². The summed E-state index contributed by atoms with van der Waals surface area (Å²) in [7, 11) is 2.49. The maximum atomic E-state index is 12.7. The van der Waals surface area contributed by atoms with E-state index >= 15 is 0 Å². The van der Waals surface area contributed by atoms with Crippen LogP contribution >= 0.6 is 0 Å². The number of nitrogens with zero attached hydrogens (tertiary/aromatic N) is 2. The molecule has 1 atom stereocenters. The van der Waals surface area contributed by atoms with Gasteiger partial charge in [-0.3, -0.25) is 19.7 Å². The summed E-state index contributed by atoms with van der Waals surface area (Å²) < 4.78 is 6.99. The number of nitrogens with one attached hydrogen (secondary N) is 2. The Kier molecular flexibility index (Phi) is 6.83. The van der Waals surface area contributed by atoms with Crippen molar-refractivity contribution in [3.8, 4) is 5.75 Å². The summed E-state index contributed by atoms with van der Waals surface area (Å²) in [6.45, 7) is 1.81. The van der Waals surface area contributed by atoms with Crippen LogP contribution < -0.4 is 15.4 Å². The van der Waals surface area contributed by atoms with Crippen LogP contribution in [0.25, 0.3) is 11.0 Å². The van der Waals surface area contributed by atoms with Crippen molar-refractivity contribution in [1.82, 2.24) is 20.2 Å². The quantitative estimate of drug-likeness (QED) is 0.470. The van der Waals surface area contributed by atoms with Crippen LogP contribution in [-0.4, -0.2) is 58.9 Å². The van der Waals surface area contributed by atoms with E-state index in [1.165, 1.54) is 7.11 Å². The smallest absolute Gasteiger partial charge is 0.254 e. The summed E-state index contributed by atoms with van der Waals surface area (Å²) in [5.41, 5.74) is 1.18. The molecule has 1 saturated heterocycles. The van der Waals surface area contributed by atoms with Gasteiger partial charge in [-0.25, -0.2) is 4.98 Å². The van der Waals surface area contributed by atoms with Crippen LogP contribution in [0.4, 0.5) is 0 Å². The number of fused-ring (bicyclic) bond motifs is 1. The molecule has 1 aromatic heterocycles. The number of aldehydes is 1. The number of imide groups is 1. The van der Waals surface area contributed by atoms with Crippen molar-refractivity contribution >= 4 is 35.0 Å². The number of rotatable bonds is 5. The number of benzene rings is 1. The number of aliphatic hydroxyl groups is 1. The molecule has 1 unspecified atom stereocenters. The van der Waals surface area contributed by atoms with Gasteiger partial charge in [0, 0.05) is 13.5 Å². The Labute approximate surface area is 160 Å². The van der Waals surface area contributed by atoms with Gasteiger partial charge in [0.05, 0.1) is 19.2 Å². The molecule has 10 heteroatoms. The Morgan fingerprint density at radius 2 is 2.14 bits per heavy atom. The molecule has 0 aliphatic carbocycles. The number of hydrogen-bond acceptors (Lipinski definition) is 7. The second-order valence-corrected chi connectivity index (χ2v) is 5.93. The maximum Gasteiger partial charge on any atom is 0.254 e. The number of imidazole rings is 1. The van der Waals surface area contributed by atoms with Gasteiger partial charge in [0.2, 0.25) is 11.8 Å². The van der Waals surface area contributed by atoms with E-state index in [-0.39, 0.29) is 30.9 Å². The van der Waals surface area contributed by atoms with Gasteiger partial charge in [-0.1, -0.05) is 0 Å². The summed E-state index contributed by atoms with van der Waals surface area (Å²) in [6, 6.07) is 2.39. The van der Waals surface area contributed by atoms with Crippen LogP contribution in [0.2, 0.25) is 0 Å². The van der Waals surface area contributed by atoms with Crippen molar-refractivity contribution in [2.24, 2.45) is 0 Å². The van der Waals surface area contributed by atoms with Crippen molar-refractivity contribution < 1.29 is 29.0 Å². The molecule has 3 rings (SSSR count). The van der Waals surface area contributed by atoms with Crippen molar-refractivity contribution in [3.05, 3.63) is 23.5 Å². The Morgan fingerprint density at radius 1 is 1.43 bits per heavy atom. The van der Waals surface area contributed by atoms with Crippen molar-refractivity contribution in [2.45, 2.75) is 32.4 Å². The van der Waals surface area contributed by atoms with Gasteiger partial charge in [0.1, 0.15) is 34.9 Å². The van der Waals surface area contributed by atoms with Crippen LogP contribution in [0.5, 0.6) is 5.75 Å². The van der Waals surface area contributed by atoms with E-state index in [2.05, 4.69) is 15.6 Å². The molecule has 150 valence electrons. The number of carbonyl (C=O) groups is 4. The minimum Gasteiger partial charge on any atom is -0.494 e. The highest BCUT2D eigenvalue weighted by atomic mass is 16.5. The molecule has 0 bridgehead atoms. The number of ether oxygens (including phenoxy) is 1. The number of aliphatic hydroxyl groups excluding tert-OH is 1. The third kappa shape index (κ3) is 4.01. The number of amides is 3. The van der Waals surface area contributed by atoms with Crippen molar-refractivity contribution in [1.29, 1.82) is 0 Å². The summed E-state index contributed by atoms with van der Waals surface area (Å²) in [5.74, 6) is -0.313. The Bertz CT molecular complexity index is 920. The lowest BCUT2D eigenvalue weighted by atomic mass is 10.0. The van der Waals surface area contributed by atoms with Gasteiger partial charge in [0.25, 0.3) is 5.91 Å². The first-order chi connectivity index (χ1) is 13.5. The molecule has 1 fully saturated rings. The molecule has 3 amide bonds. The van der Waals surface area contributed by atoms with E-state index in [1.54, 1.807) is 23.6 Å². The first-order valence-electron chi connectivity index (χ1n) is 8.53. The average molecular weight is 390 g/mol. The number of carbonyl (C=O) groups excluding carboxylic acids is 4. The Morgan fingerprint density at radius 3 is 2.75 bits per heavy atom. The van der Waals surface area contributed by atoms with Gasteiger partial charge in [-0.15, -0.1) is 0 Å². The number of aryl methyl sites for hydroxylation is 1. The molecule has 0 spiro atoms. The van der Waals surface area contributed by atoms with Crippen LogP contribution in [0.3, 0.4) is 0 Å². The van der Waals surface area contributed by atoms with Crippen LogP contribution in [-0.2, 0) is 20.9 Å². The molecule has 10 nitrogen and oxygen atoms in total. The fourth-order valence-corrected chi connectivity index (χ4v) is 3.03. The fourth-order valence-electron chi connectivity index (χ4n) is 3.03. The SMILES string of the molecule is CO.COc1ccc(C(=O)NC2CCC(=O)NC2=O)c2nc(C)n(CC=O)c12. The van der Waals surface area contributed by atoms with E-state index in [0.717, 1.165) is 13.4 Å². The minimum absolute atomic E-state index is 0.0803. The summed E-state index contributed by atoms with van der Waals surface area (Å²) in [6.07, 6.45) is 1.15. The molecule has 0 radical (unpaired) electrons. The monoisotopic (exact) mass is 390 g/mol. The molecular weight excluding hydrogens is 368 g/mol. The summed E-state index contributed by atoms with van der Waals surface area (Å²) >= 11 is 0. The van der Waals surface area contributed by atoms with E-state index < -0.39 is 17.9 Å². The Balaban J connectivity index is 0.00000136. The standard InChI is InChI=1S/C17H18N4O5.CH4O/c1-9-18-14-10(3-5-12(26-2)15(14)21(9)7-8-22)16(24)19-11-4-6-13(23)20-17(11)25;1-2/h3,5,8,11H,4,6-7H2,1-2H3,(H,19,24)(H,20,23,25);2H,1H3. The third-order valence-corrected chi connectivity index (χ3v) is 4.31. The van der Waals surface area contributed by atoms with Crippen molar-refractivity contribution in [3.63, 3.8) is 0 Å². The van der Waals surface area contributed by atoms with Gasteiger partial charge >= 0.3 is 0 Å². The number of aromatic nitrogens is 2. The summed E-state index contributed by atoms with van der Waals surface area (Å²) in [5, 5.41) is 11.8. The van der Waals surface area contributed by atoms with Gasteiger partial charge in [-0.05, 0) is 25.5 Å². The molecule has 1 aromatic carbocycles. The van der Waals surface area contributed by atoms with Gasteiger partial charge in [-0.2, -0.15) is 0 Å². The van der Waals surface area contributed by atoms with E-state index in [0.29, 0.717) is 22.6 Å². The average Bonchev–Trinajstić information content (AvgIpc) is 3.01. The highest BCUT2D eigenvalue weighted by Crippen LogP contribution is 2.29. The zero-order valence-electron chi connectivity index (χ0n) is 15.8. The maximum absolute atomic E-state index is 12.7. The molecule has 2 heterocycles. The second kappa shape index (κ2) is 9.09. The van der Waals surface area contributed by atoms with Crippen LogP contribution in [0.15, 0.2) is 12.1 Å². The molecule has 2 aromatic rings. The number of methoxy groups -OCH3 is 1. The van der Waals surface area contributed by atoms with Crippen LogP contribution in [0.1, 0.15) is 29.0 Å². The fraction of sp³-hybridized carbons (Fsp3) is 0.389. The highest BCUT2D eigenvalue weighted by Gasteiger charge is 2.29. The molecule has 1 aliphatic heterocycles. The third-order valence-electron chi connectivity index (χ3n) is 4.31. The number of piperidine rings is 1. The second-order valence-electron chi connectivity index (χ2n) is 5.93. The zero-order valence-corrected chi connectivity index (χ0v) is 15.8. The largest absolute Gasteiger partial charge is 0.494 e. The van der Waals surface area contributed by atoms with Gasteiger partial charge in [0.15, 0.2) is 0 Å². The predicted molar refractivity (Wildman–Crippen MR) is 98.9 cm³/mol. The summed E-state index contributed by atoms with van der Waals surface area (Å²) in [4.78, 5) is 51.1. The van der Waals surface area contributed by atoms with E-state index in [9.17, 15) is 19.2 Å². The first-order valence-corrected chi connectivity index (χ1v) is 8.53. The minimum atomic E-state index is -0.782. The van der Waals surface area contributed by atoms with Crippen molar-refractivity contribution in [2.75, 3.05) is 14.2 Å². The Hall–Kier alpha value is -3.27. The number of hydrogen-bond donors (Lipinski definition) is 3. The molecule has 3 N–H and O–H groups in total.